The van der Waals surface area contributed by atoms with E-state index in [-0.39, 0.29) is 29.4 Å². The first-order valence-electron chi connectivity index (χ1n) is 9.89. The van der Waals surface area contributed by atoms with Crippen molar-refractivity contribution < 1.29 is 8.42 Å². The Morgan fingerprint density at radius 1 is 1.03 bits per heavy atom. The minimum Gasteiger partial charge on any atom is -0.356 e. The fraction of sp³-hybridized carbons (Fsp3) is 0.409. The van der Waals surface area contributed by atoms with Crippen LogP contribution in [0.4, 0.5) is 0 Å². The van der Waals surface area contributed by atoms with Gasteiger partial charge in [-0.1, -0.05) is 55.0 Å². The fourth-order valence-electron chi connectivity index (χ4n) is 3.71. The lowest BCUT2D eigenvalue weighted by molar-refractivity contribution is 0.244. The molecule has 0 amide bonds. The Kier molecular flexibility index (Phi) is 8.69. The highest BCUT2D eigenvalue weighted by Gasteiger charge is 2.38. The molecule has 1 fully saturated rings. The molecular formula is C22H31IN4O2S. The van der Waals surface area contributed by atoms with Crippen molar-refractivity contribution in [3.05, 3.63) is 65.7 Å². The van der Waals surface area contributed by atoms with Crippen molar-refractivity contribution >= 4 is 40.0 Å². The molecule has 164 valence electrons. The Labute approximate surface area is 197 Å². The average Bonchev–Trinajstić information content (AvgIpc) is 2.70. The zero-order valence-electron chi connectivity index (χ0n) is 17.8. The van der Waals surface area contributed by atoms with Crippen LogP contribution in [0.25, 0.3) is 0 Å². The van der Waals surface area contributed by atoms with E-state index < -0.39 is 10.0 Å². The van der Waals surface area contributed by atoms with Crippen LogP contribution >= 0.6 is 24.0 Å². The lowest BCUT2D eigenvalue weighted by Gasteiger charge is -2.43. The van der Waals surface area contributed by atoms with Crippen LogP contribution in [0.15, 0.2) is 64.5 Å². The molecule has 0 aliphatic heterocycles. The number of aliphatic imine (C=N–C) groups is 1. The molecule has 0 unspecified atom stereocenters. The molecule has 1 saturated carbocycles. The summed E-state index contributed by atoms with van der Waals surface area (Å²) in [7, 11) is 1.32. The Balaban J connectivity index is 0.00000320. The van der Waals surface area contributed by atoms with Gasteiger partial charge in [0.2, 0.25) is 10.0 Å². The van der Waals surface area contributed by atoms with E-state index in [1.165, 1.54) is 16.3 Å². The highest BCUT2D eigenvalue weighted by molar-refractivity contribution is 14.0. The van der Waals surface area contributed by atoms with E-state index in [1.807, 2.05) is 18.2 Å². The maximum Gasteiger partial charge on any atom is 0.242 e. The molecule has 1 aliphatic carbocycles. The van der Waals surface area contributed by atoms with Crippen LogP contribution < -0.4 is 10.6 Å². The molecule has 1 aliphatic rings. The lowest BCUT2D eigenvalue weighted by Crippen LogP contribution is -2.48. The Morgan fingerprint density at radius 3 is 2.23 bits per heavy atom. The minimum absolute atomic E-state index is 0. The van der Waals surface area contributed by atoms with Crippen molar-refractivity contribution in [3.8, 4) is 0 Å². The van der Waals surface area contributed by atoms with Crippen molar-refractivity contribution in [2.45, 2.75) is 36.1 Å². The summed E-state index contributed by atoms with van der Waals surface area (Å²) in [6.07, 6.45) is 3.55. The zero-order chi connectivity index (χ0) is 20.9. The molecule has 0 spiro atoms. The van der Waals surface area contributed by atoms with E-state index in [4.69, 9.17) is 0 Å². The van der Waals surface area contributed by atoms with Gasteiger partial charge in [0.05, 0.1) is 4.90 Å². The molecule has 2 aromatic rings. The second-order valence-electron chi connectivity index (χ2n) is 7.67. The highest BCUT2D eigenvalue weighted by Crippen LogP contribution is 2.43. The fourth-order valence-corrected chi connectivity index (χ4v) is 4.83. The summed E-state index contributed by atoms with van der Waals surface area (Å²) in [4.78, 5) is 4.63. The highest BCUT2D eigenvalue weighted by atomic mass is 127. The molecule has 2 aromatic carbocycles. The third-order valence-corrected chi connectivity index (χ3v) is 7.61. The van der Waals surface area contributed by atoms with E-state index in [0.29, 0.717) is 23.0 Å². The SMILES string of the molecule is CN=C(NCc1ccccc1S(=O)(=O)N(C)C)NCC1(c2ccccc2)CCC1.I. The van der Waals surface area contributed by atoms with Gasteiger partial charge in [-0.2, -0.15) is 0 Å². The Morgan fingerprint density at radius 2 is 1.67 bits per heavy atom. The van der Waals surface area contributed by atoms with Crippen LogP contribution in [0, 0.1) is 0 Å². The molecule has 2 N–H and O–H groups in total. The molecule has 0 aromatic heterocycles. The number of sulfonamides is 1. The van der Waals surface area contributed by atoms with Crippen molar-refractivity contribution in [3.63, 3.8) is 0 Å². The zero-order valence-corrected chi connectivity index (χ0v) is 20.9. The maximum atomic E-state index is 12.6. The first-order chi connectivity index (χ1) is 13.9. The molecule has 0 bridgehead atoms. The van der Waals surface area contributed by atoms with Gasteiger partial charge >= 0.3 is 0 Å². The molecule has 0 saturated heterocycles. The second-order valence-corrected chi connectivity index (χ2v) is 9.79. The van der Waals surface area contributed by atoms with E-state index >= 15 is 0 Å². The Bertz CT molecular complexity index is 958. The topological polar surface area (TPSA) is 73.8 Å². The number of hydrogen-bond acceptors (Lipinski definition) is 3. The summed E-state index contributed by atoms with van der Waals surface area (Å²) in [5.74, 6) is 0.671. The standard InChI is InChI=1S/C22H30N4O2S.HI/c1-23-21(25-17-22(14-9-15-22)19-11-5-4-6-12-19)24-16-18-10-7-8-13-20(18)29(27,28)26(2)3;/h4-8,10-13H,9,14-17H2,1-3H3,(H2,23,24,25);1H. The molecular weight excluding hydrogens is 511 g/mol. The molecule has 0 radical (unpaired) electrons. The summed E-state index contributed by atoms with van der Waals surface area (Å²) >= 11 is 0. The third kappa shape index (κ3) is 5.33. The van der Waals surface area contributed by atoms with E-state index in [0.717, 1.165) is 19.4 Å². The van der Waals surface area contributed by atoms with Gasteiger partial charge < -0.3 is 10.6 Å². The predicted octanol–water partition coefficient (Wildman–Crippen LogP) is 3.34. The van der Waals surface area contributed by atoms with E-state index in [1.54, 1.807) is 33.3 Å². The summed E-state index contributed by atoms with van der Waals surface area (Å²) in [6.45, 7) is 1.18. The Hall–Kier alpha value is -1.65. The second kappa shape index (κ2) is 10.6. The van der Waals surface area contributed by atoms with Crippen molar-refractivity contribution in [1.29, 1.82) is 0 Å². The summed E-state index contributed by atoms with van der Waals surface area (Å²) in [6, 6.07) is 17.7. The smallest absolute Gasteiger partial charge is 0.242 e. The van der Waals surface area contributed by atoms with Gasteiger partial charge in [0, 0.05) is 39.6 Å². The molecule has 8 heteroatoms. The number of nitrogens with one attached hydrogen (secondary N) is 2. The quantitative estimate of drug-likeness (QED) is 0.320. The maximum absolute atomic E-state index is 12.6. The number of rotatable bonds is 7. The number of guanidine groups is 1. The van der Waals surface area contributed by atoms with Crippen LogP contribution in [-0.4, -0.2) is 46.4 Å². The number of hydrogen-bond donors (Lipinski definition) is 2. The average molecular weight is 542 g/mol. The van der Waals surface area contributed by atoms with Crippen LogP contribution in [0.3, 0.4) is 0 Å². The molecule has 6 nitrogen and oxygen atoms in total. The number of nitrogens with zero attached hydrogens (tertiary/aromatic N) is 2. The summed E-state index contributed by atoms with van der Waals surface area (Å²) < 4.78 is 26.4. The largest absolute Gasteiger partial charge is 0.356 e. The summed E-state index contributed by atoms with van der Waals surface area (Å²) in [5.41, 5.74) is 2.22. The number of halogens is 1. The third-order valence-electron chi connectivity index (χ3n) is 5.69. The van der Waals surface area contributed by atoms with Gasteiger partial charge in [-0.15, -0.1) is 24.0 Å². The van der Waals surface area contributed by atoms with Gasteiger partial charge in [-0.25, -0.2) is 12.7 Å². The van der Waals surface area contributed by atoms with Gasteiger partial charge in [0.1, 0.15) is 0 Å². The molecule has 0 heterocycles. The normalized spacial score (nSPS) is 15.8. The van der Waals surface area contributed by atoms with Gasteiger partial charge in [0.15, 0.2) is 5.96 Å². The lowest BCUT2D eigenvalue weighted by atomic mass is 9.64. The van der Waals surface area contributed by atoms with Crippen LogP contribution in [-0.2, 0) is 22.0 Å². The summed E-state index contributed by atoms with van der Waals surface area (Å²) in [5, 5.41) is 6.71. The van der Waals surface area contributed by atoms with Gasteiger partial charge in [-0.3, -0.25) is 4.99 Å². The van der Waals surface area contributed by atoms with Crippen LogP contribution in [0.2, 0.25) is 0 Å². The monoisotopic (exact) mass is 542 g/mol. The van der Waals surface area contributed by atoms with Crippen molar-refractivity contribution in [2.24, 2.45) is 4.99 Å². The number of benzene rings is 2. The van der Waals surface area contributed by atoms with Gasteiger partial charge in [-0.05, 0) is 30.0 Å². The predicted molar refractivity (Wildman–Crippen MR) is 133 cm³/mol. The van der Waals surface area contributed by atoms with Crippen LogP contribution in [0.5, 0.6) is 0 Å². The molecule has 3 rings (SSSR count). The first-order valence-corrected chi connectivity index (χ1v) is 11.3. The minimum atomic E-state index is -3.50. The van der Waals surface area contributed by atoms with E-state index in [2.05, 4.69) is 39.9 Å². The van der Waals surface area contributed by atoms with Gasteiger partial charge in [0.25, 0.3) is 0 Å². The van der Waals surface area contributed by atoms with Crippen LogP contribution in [0.1, 0.15) is 30.4 Å². The van der Waals surface area contributed by atoms with E-state index in [9.17, 15) is 8.42 Å². The van der Waals surface area contributed by atoms with Crippen molar-refractivity contribution in [2.75, 3.05) is 27.7 Å². The molecule has 0 atom stereocenters. The molecule has 30 heavy (non-hydrogen) atoms. The van der Waals surface area contributed by atoms with Crippen molar-refractivity contribution in [1.82, 2.24) is 14.9 Å². The first kappa shape index (κ1) is 24.6.